The quantitative estimate of drug-likeness (QED) is 0.523. The number of carbonyl (C=O) groups is 2. The number of amides is 2. The molecule has 0 aliphatic heterocycles. The second kappa shape index (κ2) is 10.5. The van der Waals surface area contributed by atoms with Crippen molar-refractivity contribution < 1.29 is 28.2 Å². The third kappa shape index (κ3) is 10.2. The largest absolute Gasteiger partial charge is 0.481 e. The minimum Gasteiger partial charge on any atom is -0.481 e. The Kier molecular flexibility index (Phi) is 9.69. The molecule has 0 aromatic rings. The number of hydrogen-bond donors (Lipinski definition) is 3. The second-order valence-corrected chi connectivity index (χ2v) is 3.93. The van der Waals surface area contributed by atoms with E-state index in [0.29, 0.717) is 12.8 Å². The molecule has 0 saturated heterocycles. The van der Waals surface area contributed by atoms with E-state index in [0.717, 1.165) is 0 Å². The van der Waals surface area contributed by atoms with Crippen molar-refractivity contribution in [3.8, 4) is 0 Å². The summed E-state index contributed by atoms with van der Waals surface area (Å²) in [4.78, 5) is 22.1. The Morgan fingerprint density at radius 2 is 2.00 bits per heavy atom. The predicted molar refractivity (Wildman–Crippen MR) is 64.3 cm³/mol. The van der Waals surface area contributed by atoms with Gasteiger partial charge in [0.15, 0.2) is 0 Å². The molecule has 2 amide bonds. The van der Waals surface area contributed by atoms with Gasteiger partial charge in [0.25, 0.3) is 6.43 Å². The first-order valence-corrected chi connectivity index (χ1v) is 6.07. The maximum Gasteiger partial charge on any atom is 0.314 e. The molecule has 0 bridgehead atoms. The Morgan fingerprint density at radius 3 is 2.53 bits per heavy atom. The minimum atomic E-state index is -2.53. The molecule has 6 nitrogen and oxygen atoms in total. The van der Waals surface area contributed by atoms with Crippen molar-refractivity contribution in [2.24, 2.45) is 5.92 Å². The summed E-state index contributed by atoms with van der Waals surface area (Å²) in [5.74, 6) is -1.58. The maximum atomic E-state index is 11.7. The smallest absolute Gasteiger partial charge is 0.314 e. The third-order valence-corrected chi connectivity index (χ3v) is 2.27. The Morgan fingerprint density at radius 1 is 1.32 bits per heavy atom. The topological polar surface area (TPSA) is 87.7 Å². The first-order valence-electron chi connectivity index (χ1n) is 6.07. The van der Waals surface area contributed by atoms with Crippen molar-refractivity contribution >= 4 is 12.0 Å². The summed E-state index contributed by atoms with van der Waals surface area (Å²) in [5.41, 5.74) is 0. The Labute approximate surface area is 110 Å². The Balaban J connectivity index is 3.65. The molecule has 8 heteroatoms. The number of carbonyl (C=O) groups excluding carboxylic acids is 1. The van der Waals surface area contributed by atoms with E-state index in [9.17, 15) is 18.4 Å². The summed E-state index contributed by atoms with van der Waals surface area (Å²) in [6.07, 6.45) is -1.34. The number of nitrogens with one attached hydrogen (secondary N) is 2. The zero-order chi connectivity index (χ0) is 14.7. The summed E-state index contributed by atoms with van der Waals surface area (Å²) < 4.78 is 28.0. The van der Waals surface area contributed by atoms with Gasteiger partial charge in [0.1, 0.15) is 6.61 Å². The molecule has 0 spiro atoms. The first-order chi connectivity index (χ1) is 8.97. The van der Waals surface area contributed by atoms with E-state index < -0.39 is 31.0 Å². The summed E-state index contributed by atoms with van der Waals surface area (Å²) in [6, 6.07) is -0.539. The van der Waals surface area contributed by atoms with Crippen LogP contribution in [-0.4, -0.2) is 49.8 Å². The van der Waals surface area contributed by atoms with Crippen molar-refractivity contribution in [3.05, 3.63) is 0 Å². The molecule has 0 aromatic heterocycles. The van der Waals surface area contributed by atoms with Crippen molar-refractivity contribution in [1.29, 1.82) is 0 Å². The molecular formula is C11H20F2N2O4. The van der Waals surface area contributed by atoms with Crippen LogP contribution in [0.4, 0.5) is 13.6 Å². The van der Waals surface area contributed by atoms with Gasteiger partial charge in [-0.1, -0.05) is 13.3 Å². The van der Waals surface area contributed by atoms with Crippen LogP contribution in [0.25, 0.3) is 0 Å². The molecule has 1 atom stereocenters. The normalized spacial score (nSPS) is 12.2. The van der Waals surface area contributed by atoms with Crippen LogP contribution in [0.3, 0.4) is 0 Å². The fraction of sp³-hybridized carbons (Fsp3) is 0.818. The summed E-state index contributed by atoms with van der Waals surface area (Å²) >= 11 is 0. The zero-order valence-corrected chi connectivity index (χ0v) is 10.8. The molecule has 0 rings (SSSR count). The van der Waals surface area contributed by atoms with E-state index in [1.165, 1.54) is 0 Å². The lowest BCUT2D eigenvalue weighted by Crippen LogP contribution is -2.41. The van der Waals surface area contributed by atoms with Crippen LogP contribution < -0.4 is 10.6 Å². The minimum absolute atomic E-state index is 0.0188. The van der Waals surface area contributed by atoms with Gasteiger partial charge in [-0.25, -0.2) is 13.6 Å². The zero-order valence-electron chi connectivity index (χ0n) is 10.8. The van der Waals surface area contributed by atoms with E-state index in [1.807, 2.05) is 6.92 Å². The SMILES string of the molecule is CCCC(CNC(=O)NCCOCC(F)F)C(=O)O. The van der Waals surface area contributed by atoms with E-state index in [-0.39, 0.29) is 19.7 Å². The van der Waals surface area contributed by atoms with Gasteiger partial charge in [0.05, 0.1) is 12.5 Å². The molecular weight excluding hydrogens is 262 g/mol. The fourth-order valence-corrected chi connectivity index (χ4v) is 1.35. The standard InChI is InChI=1S/C11H20F2N2O4/c1-2-3-8(10(16)17)6-15-11(18)14-4-5-19-7-9(12)13/h8-9H,2-7H2,1H3,(H,16,17)(H2,14,15,18). The van der Waals surface area contributed by atoms with Gasteiger partial charge in [-0.3, -0.25) is 4.79 Å². The molecule has 3 N–H and O–H groups in total. The molecule has 0 saturated carbocycles. The van der Waals surface area contributed by atoms with Crippen LogP contribution in [0.2, 0.25) is 0 Å². The number of ether oxygens (including phenoxy) is 1. The van der Waals surface area contributed by atoms with Crippen LogP contribution in [0.1, 0.15) is 19.8 Å². The van der Waals surface area contributed by atoms with Gasteiger partial charge < -0.3 is 20.5 Å². The average molecular weight is 282 g/mol. The highest BCUT2D eigenvalue weighted by Crippen LogP contribution is 2.04. The van der Waals surface area contributed by atoms with Crippen LogP contribution >= 0.6 is 0 Å². The molecule has 0 aliphatic rings. The van der Waals surface area contributed by atoms with Crippen molar-refractivity contribution in [2.75, 3.05) is 26.3 Å². The number of carboxylic acids is 1. The molecule has 0 heterocycles. The number of hydrogen-bond acceptors (Lipinski definition) is 3. The Hall–Kier alpha value is -1.44. The highest BCUT2D eigenvalue weighted by molar-refractivity contribution is 5.75. The van der Waals surface area contributed by atoms with Crippen LogP contribution in [-0.2, 0) is 9.53 Å². The Bertz CT molecular complexity index is 277. The fourth-order valence-electron chi connectivity index (χ4n) is 1.35. The lowest BCUT2D eigenvalue weighted by Gasteiger charge is -2.13. The number of alkyl halides is 2. The highest BCUT2D eigenvalue weighted by Gasteiger charge is 2.16. The first kappa shape index (κ1) is 17.6. The van der Waals surface area contributed by atoms with Crippen molar-refractivity contribution in [1.82, 2.24) is 10.6 Å². The average Bonchev–Trinajstić information content (AvgIpc) is 2.33. The van der Waals surface area contributed by atoms with Gasteiger partial charge in [0.2, 0.25) is 0 Å². The van der Waals surface area contributed by atoms with Gasteiger partial charge in [0, 0.05) is 13.1 Å². The van der Waals surface area contributed by atoms with Crippen molar-refractivity contribution in [3.63, 3.8) is 0 Å². The van der Waals surface area contributed by atoms with Crippen LogP contribution in [0.15, 0.2) is 0 Å². The predicted octanol–water partition coefficient (Wildman–Crippen LogP) is 1.07. The monoisotopic (exact) mass is 282 g/mol. The lowest BCUT2D eigenvalue weighted by molar-refractivity contribution is -0.141. The van der Waals surface area contributed by atoms with Gasteiger partial charge >= 0.3 is 12.0 Å². The maximum absolute atomic E-state index is 11.7. The van der Waals surface area contributed by atoms with E-state index in [4.69, 9.17) is 5.11 Å². The highest BCUT2D eigenvalue weighted by atomic mass is 19.3. The summed E-state index contributed by atoms with van der Waals surface area (Å²) in [6.45, 7) is 1.29. The van der Waals surface area contributed by atoms with E-state index in [2.05, 4.69) is 15.4 Å². The van der Waals surface area contributed by atoms with Crippen LogP contribution in [0.5, 0.6) is 0 Å². The molecule has 19 heavy (non-hydrogen) atoms. The number of halogens is 2. The van der Waals surface area contributed by atoms with Crippen molar-refractivity contribution in [2.45, 2.75) is 26.2 Å². The number of rotatable bonds is 10. The summed E-state index contributed by atoms with van der Waals surface area (Å²) in [5, 5.41) is 13.6. The molecule has 0 aromatic carbocycles. The van der Waals surface area contributed by atoms with Gasteiger partial charge in [-0.05, 0) is 6.42 Å². The van der Waals surface area contributed by atoms with Crippen LogP contribution in [0, 0.1) is 5.92 Å². The van der Waals surface area contributed by atoms with Gasteiger partial charge in [-0.15, -0.1) is 0 Å². The van der Waals surface area contributed by atoms with E-state index >= 15 is 0 Å². The molecule has 112 valence electrons. The second-order valence-electron chi connectivity index (χ2n) is 3.93. The third-order valence-electron chi connectivity index (χ3n) is 2.27. The number of carboxylic acid groups (broad SMARTS) is 1. The molecule has 0 radical (unpaired) electrons. The number of urea groups is 1. The van der Waals surface area contributed by atoms with Gasteiger partial charge in [-0.2, -0.15) is 0 Å². The summed E-state index contributed by atoms with van der Waals surface area (Å²) in [7, 11) is 0. The van der Waals surface area contributed by atoms with E-state index in [1.54, 1.807) is 0 Å². The molecule has 1 unspecified atom stereocenters. The molecule has 0 aliphatic carbocycles. The molecule has 0 fully saturated rings. The lowest BCUT2D eigenvalue weighted by atomic mass is 10.0. The number of aliphatic carboxylic acids is 1.